The van der Waals surface area contributed by atoms with Gasteiger partial charge in [-0.3, -0.25) is 0 Å². The Hall–Kier alpha value is 1.70. The zero-order valence-corrected chi connectivity index (χ0v) is 9.95. The molecule has 0 aliphatic rings. The van der Waals surface area contributed by atoms with Crippen molar-refractivity contribution in [3.8, 4) is 0 Å². The van der Waals surface area contributed by atoms with Gasteiger partial charge in [0.15, 0.2) is 0 Å². The molecule has 0 fully saturated rings. The van der Waals surface area contributed by atoms with Crippen LogP contribution in [0.1, 0.15) is 20.8 Å². The predicted molar refractivity (Wildman–Crippen MR) is 38.6 cm³/mol. The first kappa shape index (κ1) is 12.4. The van der Waals surface area contributed by atoms with Crippen LogP contribution in [0.25, 0.3) is 0 Å². The van der Waals surface area contributed by atoms with Crippen LogP contribution < -0.4 is 51.4 Å². The molecule has 0 aliphatic heterocycles. The minimum absolute atomic E-state index is 0. The Morgan fingerprint density at radius 2 is 1.12 bits per heavy atom. The molecule has 0 aromatic rings. The Kier molecular flexibility index (Phi) is 13.5. The van der Waals surface area contributed by atoms with Gasteiger partial charge in [0.25, 0.3) is 0 Å². The maximum absolute atomic E-state index is 2.30. The van der Waals surface area contributed by atoms with Crippen molar-refractivity contribution in [2.45, 2.75) is 39.7 Å². The van der Waals surface area contributed by atoms with Crippen molar-refractivity contribution in [3.63, 3.8) is 0 Å². The predicted octanol–water partition coefficient (Wildman–Crippen LogP) is -0.723. The molecule has 0 aromatic carbocycles. The zero-order valence-electron chi connectivity index (χ0n) is 6.83. The smallest absolute Gasteiger partial charge is 0.184 e. The summed E-state index contributed by atoms with van der Waals surface area (Å²) in [6.45, 7) is 7.19. The van der Waals surface area contributed by atoms with E-state index in [1.165, 1.54) is 19.0 Å². The second-order valence-electron chi connectivity index (χ2n) is 2.56. The van der Waals surface area contributed by atoms with Gasteiger partial charge in [-0.05, 0) is 6.71 Å². The van der Waals surface area contributed by atoms with Gasteiger partial charge in [0.05, 0.1) is 0 Å². The molecule has 0 saturated heterocycles. The van der Waals surface area contributed by atoms with Crippen molar-refractivity contribution in [1.29, 1.82) is 0 Å². The topological polar surface area (TPSA) is 0 Å². The maximum Gasteiger partial charge on any atom is 1.00 e. The summed E-state index contributed by atoms with van der Waals surface area (Å²) in [5.74, 6) is 0. The monoisotopic (exact) mass is 138 g/mol. The van der Waals surface area contributed by atoms with Crippen LogP contribution in [-0.4, -0.2) is 6.71 Å². The first-order valence-corrected chi connectivity index (χ1v) is 3.62. The fourth-order valence-electron chi connectivity index (χ4n) is 1.06. The van der Waals surface area contributed by atoms with E-state index in [4.69, 9.17) is 0 Å². The van der Waals surface area contributed by atoms with Crippen LogP contribution in [0.3, 0.4) is 0 Å². The standard InChI is InChI=1S/C6H16B.K/c1-4-7(5-2)6-3;/h7H,4-6H2,1-3H3;/q-1;+1. The Balaban J connectivity index is 0. The summed E-state index contributed by atoms with van der Waals surface area (Å²) in [5.41, 5.74) is 0. The van der Waals surface area contributed by atoms with Gasteiger partial charge in [-0.15, -0.1) is 0 Å². The molecule has 8 heavy (non-hydrogen) atoms. The van der Waals surface area contributed by atoms with Crippen LogP contribution in [0.5, 0.6) is 0 Å². The number of hydrogen-bond acceptors (Lipinski definition) is 0. The fourth-order valence-corrected chi connectivity index (χ4v) is 1.06. The fraction of sp³-hybridized carbons (Fsp3) is 1.00. The molecule has 0 amide bonds. The molecular formula is C6H16BK. The van der Waals surface area contributed by atoms with Gasteiger partial charge in [0.2, 0.25) is 0 Å². The van der Waals surface area contributed by atoms with Crippen LogP contribution in [0, 0.1) is 0 Å². The normalized spacial score (nSPS) is 9.00. The van der Waals surface area contributed by atoms with Gasteiger partial charge >= 0.3 is 51.4 Å². The van der Waals surface area contributed by atoms with Gasteiger partial charge in [-0.1, -0.05) is 20.8 Å². The first-order chi connectivity index (χ1) is 3.35. The third-order valence-corrected chi connectivity index (χ3v) is 2.12. The van der Waals surface area contributed by atoms with Gasteiger partial charge in [0, 0.05) is 0 Å². The molecule has 0 nitrogen and oxygen atoms in total. The SMILES string of the molecule is CC[BH-](CC)CC.[K+]. The molecule has 2 heteroatoms. The van der Waals surface area contributed by atoms with Crippen LogP contribution in [0.2, 0.25) is 19.0 Å². The van der Waals surface area contributed by atoms with E-state index in [1.54, 1.807) is 0 Å². The van der Waals surface area contributed by atoms with Crippen molar-refractivity contribution in [3.05, 3.63) is 0 Å². The average molecular weight is 138 g/mol. The largest absolute Gasteiger partial charge is 1.00 e. The first-order valence-electron chi connectivity index (χ1n) is 3.62. The second-order valence-corrected chi connectivity index (χ2v) is 2.56. The number of rotatable bonds is 3. The summed E-state index contributed by atoms with van der Waals surface area (Å²) < 4.78 is 0. The van der Waals surface area contributed by atoms with Crippen molar-refractivity contribution in [2.75, 3.05) is 0 Å². The average Bonchev–Trinajstić information content (AvgIpc) is 1.72. The molecule has 0 radical (unpaired) electrons. The van der Waals surface area contributed by atoms with Crippen LogP contribution in [-0.2, 0) is 0 Å². The zero-order chi connectivity index (χ0) is 5.70. The summed E-state index contributed by atoms with van der Waals surface area (Å²) in [6, 6.07) is 0. The minimum atomic E-state index is 0. The van der Waals surface area contributed by atoms with E-state index >= 15 is 0 Å². The summed E-state index contributed by atoms with van der Waals surface area (Å²) in [4.78, 5) is 0. The van der Waals surface area contributed by atoms with Gasteiger partial charge in [-0.25, -0.2) is 0 Å². The summed E-state index contributed by atoms with van der Waals surface area (Å²) in [6.07, 6.45) is 4.31. The molecule has 0 unspecified atom stereocenters. The number of hydrogen-bond donors (Lipinski definition) is 0. The minimum Gasteiger partial charge on any atom is -0.184 e. The molecule has 0 bridgehead atoms. The van der Waals surface area contributed by atoms with E-state index in [0.717, 1.165) is 0 Å². The maximum atomic E-state index is 2.30. The molecule has 0 rings (SSSR count). The van der Waals surface area contributed by atoms with Crippen molar-refractivity contribution in [1.82, 2.24) is 0 Å². The van der Waals surface area contributed by atoms with E-state index in [-0.39, 0.29) is 51.4 Å². The molecule has 0 atom stereocenters. The van der Waals surface area contributed by atoms with Crippen LogP contribution in [0.4, 0.5) is 0 Å². The molecule has 0 N–H and O–H groups in total. The van der Waals surface area contributed by atoms with E-state index in [0.29, 0.717) is 6.71 Å². The van der Waals surface area contributed by atoms with Gasteiger partial charge in [0.1, 0.15) is 0 Å². The Morgan fingerprint density at radius 1 is 0.875 bits per heavy atom. The summed E-state index contributed by atoms with van der Waals surface area (Å²) in [5, 5.41) is 0. The molecule has 0 spiro atoms. The Labute approximate surface area is 96.3 Å². The van der Waals surface area contributed by atoms with Crippen LogP contribution >= 0.6 is 0 Å². The van der Waals surface area contributed by atoms with Crippen molar-refractivity contribution < 1.29 is 51.4 Å². The second kappa shape index (κ2) is 8.70. The third-order valence-electron chi connectivity index (χ3n) is 2.12. The van der Waals surface area contributed by atoms with E-state index in [2.05, 4.69) is 20.8 Å². The van der Waals surface area contributed by atoms with Crippen LogP contribution in [0.15, 0.2) is 0 Å². The molecule has 0 aliphatic carbocycles. The van der Waals surface area contributed by atoms with Crippen molar-refractivity contribution >= 4 is 6.71 Å². The van der Waals surface area contributed by atoms with E-state index in [9.17, 15) is 0 Å². The summed E-state index contributed by atoms with van der Waals surface area (Å²) >= 11 is 0. The molecule has 0 aromatic heterocycles. The Bertz CT molecular complexity index is 30.0. The van der Waals surface area contributed by atoms with Gasteiger partial charge in [-0.2, -0.15) is 19.0 Å². The molecule has 44 valence electrons. The van der Waals surface area contributed by atoms with Gasteiger partial charge < -0.3 is 0 Å². The summed E-state index contributed by atoms with van der Waals surface area (Å²) in [7, 11) is 0. The van der Waals surface area contributed by atoms with E-state index < -0.39 is 0 Å². The van der Waals surface area contributed by atoms with E-state index in [1.807, 2.05) is 0 Å². The quantitative estimate of drug-likeness (QED) is 0.451. The Morgan fingerprint density at radius 3 is 1.12 bits per heavy atom. The van der Waals surface area contributed by atoms with Crippen molar-refractivity contribution in [2.24, 2.45) is 0 Å². The molecule has 0 saturated carbocycles. The third kappa shape index (κ3) is 5.83. The molecule has 0 heterocycles. The molecular weight excluding hydrogens is 122 g/mol.